The third-order valence-corrected chi connectivity index (χ3v) is 7.87. The molecule has 1 aromatic heterocycles. The molecule has 0 aliphatic carbocycles. The highest BCUT2D eigenvalue weighted by molar-refractivity contribution is 8.01. The van der Waals surface area contributed by atoms with E-state index < -0.39 is 16.8 Å². The summed E-state index contributed by atoms with van der Waals surface area (Å²) in [4.78, 5) is 16.7. The fourth-order valence-electron chi connectivity index (χ4n) is 4.46. The average molecular weight is 453 g/mol. The van der Waals surface area contributed by atoms with Gasteiger partial charge in [-0.15, -0.1) is 11.8 Å². The Morgan fingerprint density at radius 1 is 0.758 bits per heavy atom. The number of β-lactam (4-membered cyclic amide) rings is 1. The molecule has 3 unspecified atom stereocenters. The monoisotopic (exact) mass is 452 g/mol. The Morgan fingerprint density at radius 3 is 1.64 bits per heavy atom. The summed E-state index contributed by atoms with van der Waals surface area (Å²) < 4.78 is -0.571. The Bertz CT molecular complexity index is 1110. The topological polar surface area (TPSA) is 62.2 Å². The van der Waals surface area contributed by atoms with Gasteiger partial charge in [0, 0.05) is 12.4 Å². The number of rotatable bonds is 7. The Morgan fingerprint density at radius 2 is 1.21 bits per heavy atom. The molecule has 1 aliphatic rings. The number of hydrogen-bond donors (Lipinski definition) is 2. The van der Waals surface area contributed by atoms with E-state index in [1.807, 2.05) is 54.6 Å². The van der Waals surface area contributed by atoms with Gasteiger partial charge in [-0.25, -0.2) is 0 Å². The zero-order valence-electron chi connectivity index (χ0n) is 17.9. The molecule has 1 fully saturated rings. The summed E-state index contributed by atoms with van der Waals surface area (Å²) in [6, 6.07) is 34.6. The number of aromatic nitrogens is 1. The average Bonchev–Trinajstić information content (AvgIpc) is 2.88. The summed E-state index contributed by atoms with van der Waals surface area (Å²) >= 11 is 1.67. The first-order valence-corrected chi connectivity index (χ1v) is 11.8. The summed E-state index contributed by atoms with van der Waals surface area (Å²) in [7, 11) is 0. The summed E-state index contributed by atoms with van der Waals surface area (Å²) in [6.45, 7) is 0. The smallest absolute Gasteiger partial charge is 0.229 e. The molecule has 1 saturated heterocycles. The van der Waals surface area contributed by atoms with Crippen molar-refractivity contribution in [2.24, 2.45) is 5.92 Å². The van der Waals surface area contributed by atoms with Crippen LogP contribution in [0.4, 0.5) is 0 Å². The lowest BCUT2D eigenvalue weighted by atomic mass is 9.84. The van der Waals surface area contributed by atoms with Crippen LogP contribution in [0.25, 0.3) is 0 Å². The molecule has 0 saturated carbocycles. The molecular formula is C28H24N2O2S. The van der Waals surface area contributed by atoms with E-state index in [-0.39, 0.29) is 11.3 Å². The molecule has 4 nitrogen and oxygen atoms in total. The van der Waals surface area contributed by atoms with Crippen LogP contribution >= 0.6 is 11.8 Å². The van der Waals surface area contributed by atoms with Crippen LogP contribution < -0.4 is 5.32 Å². The fourth-order valence-corrected chi connectivity index (χ4v) is 6.25. The number of hydrogen-bond acceptors (Lipinski definition) is 4. The molecule has 0 bridgehead atoms. The standard InChI is InChI=1S/C28H24N2O2S/c31-25(20-16-18-29-19-17-20)24-26(32)30-27(24)33-28(21-10-4-1-5-11-21,22-12-6-2-7-13-22)23-14-8-3-9-15-23/h1-19,24-25,27,31H,(H,30,32). The first-order chi connectivity index (χ1) is 16.2. The Hall–Kier alpha value is -3.41. The highest BCUT2D eigenvalue weighted by Crippen LogP contribution is 2.53. The van der Waals surface area contributed by atoms with Gasteiger partial charge >= 0.3 is 0 Å². The van der Waals surface area contributed by atoms with E-state index in [1.165, 1.54) is 0 Å². The zero-order valence-corrected chi connectivity index (χ0v) is 18.7. The van der Waals surface area contributed by atoms with E-state index in [9.17, 15) is 9.90 Å². The van der Waals surface area contributed by atoms with Crippen molar-refractivity contribution in [3.8, 4) is 0 Å². The molecule has 5 rings (SSSR count). The van der Waals surface area contributed by atoms with Crippen molar-refractivity contribution in [3.05, 3.63) is 138 Å². The summed E-state index contributed by atoms with van der Waals surface area (Å²) in [6.07, 6.45) is 2.37. The molecular weight excluding hydrogens is 428 g/mol. The van der Waals surface area contributed by atoms with Gasteiger partial charge in [-0.1, -0.05) is 91.0 Å². The van der Waals surface area contributed by atoms with Crippen LogP contribution in [0.2, 0.25) is 0 Å². The van der Waals surface area contributed by atoms with Crippen LogP contribution in [0.1, 0.15) is 28.4 Å². The number of nitrogens with zero attached hydrogens (tertiary/aromatic N) is 1. The van der Waals surface area contributed by atoms with Crippen molar-refractivity contribution < 1.29 is 9.90 Å². The minimum Gasteiger partial charge on any atom is -0.387 e. The van der Waals surface area contributed by atoms with Crippen molar-refractivity contribution in [1.29, 1.82) is 0 Å². The van der Waals surface area contributed by atoms with Gasteiger partial charge in [-0.2, -0.15) is 0 Å². The van der Waals surface area contributed by atoms with E-state index in [1.54, 1.807) is 36.3 Å². The van der Waals surface area contributed by atoms with Gasteiger partial charge in [0.1, 0.15) is 0 Å². The number of carbonyl (C=O) groups is 1. The fraction of sp³-hybridized carbons (Fsp3) is 0.143. The molecule has 0 spiro atoms. The highest BCUT2D eigenvalue weighted by Gasteiger charge is 2.50. The van der Waals surface area contributed by atoms with Gasteiger partial charge in [0.2, 0.25) is 5.91 Å². The number of aliphatic hydroxyl groups excluding tert-OH is 1. The van der Waals surface area contributed by atoms with Crippen molar-refractivity contribution in [2.75, 3.05) is 0 Å². The number of aliphatic hydroxyl groups is 1. The lowest BCUT2D eigenvalue weighted by Crippen LogP contribution is -2.59. The van der Waals surface area contributed by atoms with Gasteiger partial charge in [0.05, 0.1) is 22.1 Å². The van der Waals surface area contributed by atoms with Gasteiger partial charge in [-0.05, 0) is 34.4 Å². The maximum Gasteiger partial charge on any atom is 0.229 e. The van der Waals surface area contributed by atoms with Crippen LogP contribution in [0.3, 0.4) is 0 Å². The molecule has 3 atom stereocenters. The summed E-state index contributed by atoms with van der Waals surface area (Å²) in [5, 5.41) is 13.9. The van der Waals surface area contributed by atoms with Crippen LogP contribution in [0, 0.1) is 5.92 Å². The van der Waals surface area contributed by atoms with Crippen molar-refractivity contribution >= 4 is 17.7 Å². The van der Waals surface area contributed by atoms with E-state index in [2.05, 4.69) is 46.7 Å². The number of carbonyl (C=O) groups excluding carboxylic acids is 1. The minimum atomic E-state index is -0.903. The molecule has 0 radical (unpaired) electrons. The maximum absolute atomic E-state index is 12.7. The van der Waals surface area contributed by atoms with Crippen molar-refractivity contribution in [3.63, 3.8) is 0 Å². The molecule has 164 valence electrons. The molecule has 1 amide bonds. The Labute approximate surface area is 197 Å². The molecule has 2 N–H and O–H groups in total. The summed E-state index contributed by atoms with van der Waals surface area (Å²) in [5.41, 5.74) is 4.04. The number of amides is 1. The van der Waals surface area contributed by atoms with E-state index in [0.29, 0.717) is 5.56 Å². The molecule has 1 aliphatic heterocycles. The molecule has 2 heterocycles. The number of thioether (sulfide) groups is 1. The SMILES string of the molecule is O=C1NC(SC(c2ccccc2)(c2ccccc2)c2ccccc2)C1C(O)c1ccncc1. The Kier molecular flexibility index (Phi) is 5.99. The van der Waals surface area contributed by atoms with Crippen LogP contribution in [-0.4, -0.2) is 21.4 Å². The van der Waals surface area contributed by atoms with Gasteiger partial charge in [0.25, 0.3) is 0 Å². The second-order valence-electron chi connectivity index (χ2n) is 8.08. The van der Waals surface area contributed by atoms with E-state index >= 15 is 0 Å². The lowest BCUT2D eigenvalue weighted by molar-refractivity contribution is -0.137. The normalized spacial score (nSPS) is 18.8. The predicted octanol–water partition coefficient (Wildman–Crippen LogP) is 4.91. The first-order valence-electron chi connectivity index (χ1n) is 10.9. The van der Waals surface area contributed by atoms with Crippen LogP contribution in [0.5, 0.6) is 0 Å². The van der Waals surface area contributed by atoms with Crippen LogP contribution in [0.15, 0.2) is 116 Å². The van der Waals surface area contributed by atoms with Gasteiger partial charge in [-0.3, -0.25) is 9.78 Å². The van der Waals surface area contributed by atoms with E-state index in [0.717, 1.165) is 16.7 Å². The quantitative estimate of drug-likeness (QED) is 0.309. The van der Waals surface area contributed by atoms with Crippen molar-refractivity contribution in [1.82, 2.24) is 10.3 Å². The maximum atomic E-state index is 12.7. The highest BCUT2D eigenvalue weighted by atomic mass is 32.2. The minimum absolute atomic E-state index is 0.139. The molecule has 3 aromatic carbocycles. The number of benzene rings is 3. The van der Waals surface area contributed by atoms with Gasteiger partial charge in [0.15, 0.2) is 0 Å². The third-order valence-electron chi connectivity index (χ3n) is 6.15. The second-order valence-corrected chi connectivity index (χ2v) is 9.43. The lowest BCUT2D eigenvalue weighted by Gasteiger charge is -2.45. The van der Waals surface area contributed by atoms with Crippen LogP contribution in [-0.2, 0) is 9.54 Å². The van der Waals surface area contributed by atoms with Gasteiger partial charge < -0.3 is 10.4 Å². The number of nitrogens with one attached hydrogen (secondary N) is 1. The molecule has 5 heteroatoms. The molecule has 33 heavy (non-hydrogen) atoms. The predicted molar refractivity (Wildman–Crippen MR) is 131 cm³/mol. The van der Waals surface area contributed by atoms with Crippen molar-refractivity contribution in [2.45, 2.75) is 16.2 Å². The third kappa shape index (κ3) is 3.94. The zero-order chi connectivity index (χ0) is 22.7. The largest absolute Gasteiger partial charge is 0.387 e. The second kappa shape index (κ2) is 9.22. The van der Waals surface area contributed by atoms with E-state index in [4.69, 9.17) is 0 Å². The number of pyridine rings is 1. The Balaban J connectivity index is 1.62. The summed E-state index contributed by atoms with van der Waals surface area (Å²) in [5.74, 6) is -0.701. The molecule has 4 aromatic rings. The first kappa shape index (κ1) is 21.4.